The maximum absolute atomic E-state index is 10.1. The van der Waals surface area contributed by atoms with E-state index in [0.717, 1.165) is 0 Å². The summed E-state index contributed by atoms with van der Waals surface area (Å²) in [6.07, 6.45) is 1.38. The van der Waals surface area contributed by atoms with Crippen molar-refractivity contribution >= 4 is 0 Å². The topological polar surface area (TPSA) is 62.6 Å². The van der Waals surface area contributed by atoms with Crippen LogP contribution >= 0.6 is 0 Å². The Kier molecular flexibility index (Phi) is 4.71. The van der Waals surface area contributed by atoms with Crippen molar-refractivity contribution in [2.24, 2.45) is 5.41 Å². The van der Waals surface area contributed by atoms with Gasteiger partial charge in [0.05, 0.1) is 18.4 Å². The molecule has 1 aromatic heterocycles. The van der Waals surface area contributed by atoms with E-state index in [-0.39, 0.29) is 6.10 Å². The van der Waals surface area contributed by atoms with Gasteiger partial charge in [0.2, 0.25) is 0 Å². The van der Waals surface area contributed by atoms with E-state index in [2.05, 4.69) is 4.98 Å². The molecule has 0 radical (unpaired) electrons. The lowest BCUT2D eigenvalue weighted by Crippen LogP contribution is -2.32. The number of rotatable bonds is 4. The number of aliphatic hydroxyl groups excluding tert-OH is 2. The Bertz CT molecular complexity index is 385. The summed E-state index contributed by atoms with van der Waals surface area (Å²) in [5, 5.41) is 20.2. The molecule has 0 aliphatic heterocycles. The highest BCUT2D eigenvalue weighted by Gasteiger charge is 2.30. The quantitative estimate of drug-likeness (QED) is 0.864. The lowest BCUT2D eigenvalue weighted by molar-refractivity contribution is -0.0460. The third-order valence-corrected chi connectivity index (χ3v) is 2.63. The molecule has 0 fully saturated rings. The van der Waals surface area contributed by atoms with E-state index in [1.165, 1.54) is 0 Å². The average molecular weight is 253 g/mol. The molecule has 1 rings (SSSR count). The maximum Gasteiger partial charge on any atom is 0.138 e. The molecule has 18 heavy (non-hydrogen) atoms. The van der Waals surface area contributed by atoms with Crippen molar-refractivity contribution in [3.63, 3.8) is 0 Å². The number of aromatic nitrogens is 1. The Morgan fingerprint density at radius 2 is 1.78 bits per heavy atom. The smallest absolute Gasteiger partial charge is 0.138 e. The first kappa shape index (κ1) is 14.9. The van der Waals surface area contributed by atoms with Gasteiger partial charge in [0.1, 0.15) is 11.9 Å². The largest absolute Gasteiger partial charge is 0.489 e. The number of ether oxygens (including phenoxy) is 1. The van der Waals surface area contributed by atoms with Crippen molar-refractivity contribution in [3.05, 3.63) is 24.0 Å². The van der Waals surface area contributed by atoms with Crippen molar-refractivity contribution in [2.75, 3.05) is 0 Å². The van der Waals surface area contributed by atoms with E-state index in [1.807, 2.05) is 34.6 Å². The molecule has 0 saturated heterocycles. The van der Waals surface area contributed by atoms with E-state index in [4.69, 9.17) is 4.74 Å². The van der Waals surface area contributed by atoms with Crippen molar-refractivity contribution < 1.29 is 14.9 Å². The highest BCUT2D eigenvalue weighted by atomic mass is 16.5. The number of hydrogen-bond acceptors (Lipinski definition) is 4. The molecule has 2 N–H and O–H groups in total. The molecular formula is C14H23NO3. The summed E-state index contributed by atoms with van der Waals surface area (Å²) in [7, 11) is 0. The fourth-order valence-corrected chi connectivity index (χ4v) is 1.59. The molecule has 1 aromatic rings. The van der Waals surface area contributed by atoms with E-state index in [0.29, 0.717) is 11.3 Å². The van der Waals surface area contributed by atoms with Gasteiger partial charge >= 0.3 is 0 Å². The fourth-order valence-electron chi connectivity index (χ4n) is 1.59. The molecule has 2 unspecified atom stereocenters. The SMILES string of the molecule is CC(C)Oc1cncc(C(O)C(O)C(C)(C)C)c1. The Morgan fingerprint density at radius 3 is 2.28 bits per heavy atom. The number of hydrogen-bond donors (Lipinski definition) is 2. The summed E-state index contributed by atoms with van der Waals surface area (Å²) < 4.78 is 5.52. The predicted molar refractivity (Wildman–Crippen MR) is 70.4 cm³/mol. The van der Waals surface area contributed by atoms with Crippen LogP contribution in [-0.4, -0.2) is 27.4 Å². The summed E-state index contributed by atoms with van der Waals surface area (Å²) in [5.74, 6) is 0.600. The van der Waals surface area contributed by atoms with Gasteiger partial charge in [-0.25, -0.2) is 0 Å². The molecule has 2 atom stereocenters. The second-order valence-corrected chi connectivity index (χ2v) is 5.88. The lowest BCUT2D eigenvalue weighted by Gasteiger charge is -2.30. The summed E-state index contributed by atoms with van der Waals surface area (Å²) in [6, 6.07) is 1.71. The highest BCUT2D eigenvalue weighted by Crippen LogP contribution is 2.30. The molecule has 4 heteroatoms. The molecule has 0 aliphatic rings. The summed E-state index contributed by atoms with van der Waals surface area (Å²) in [5.41, 5.74) is 0.171. The van der Waals surface area contributed by atoms with Gasteiger partial charge in [-0.2, -0.15) is 0 Å². The van der Waals surface area contributed by atoms with Crippen LogP contribution in [0.15, 0.2) is 18.5 Å². The van der Waals surface area contributed by atoms with Gasteiger partial charge in [0, 0.05) is 11.8 Å². The van der Waals surface area contributed by atoms with Crippen LogP contribution in [0.1, 0.15) is 46.3 Å². The van der Waals surface area contributed by atoms with Crippen LogP contribution in [0.4, 0.5) is 0 Å². The van der Waals surface area contributed by atoms with Gasteiger partial charge in [-0.05, 0) is 25.3 Å². The van der Waals surface area contributed by atoms with Gasteiger partial charge < -0.3 is 14.9 Å². The number of nitrogens with zero attached hydrogens (tertiary/aromatic N) is 1. The molecule has 0 amide bonds. The lowest BCUT2D eigenvalue weighted by atomic mass is 9.84. The summed E-state index contributed by atoms with van der Waals surface area (Å²) >= 11 is 0. The van der Waals surface area contributed by atoms with Crippen molar-refractivity contribution in [1.82, 2.24) is 4.98 Å². The molecule has 0 aliphatic carbocycles. The van der Waals surface area contributed by atoms with E-state index >= 15 is 0 Å². The zero-order valence-electron chi connectivity index (χ0n) is 11.7. The second kappa shape index (κ2) is 5.67. The van der Waals surface area contributed by atoms with Crippen LogP contribution in [0, 0.1) is 5.41 Å². The molecular weight excluding hydrogens is 230 g/mol. The maximum atomic E-state index is 10.1. The van der Waals surface area contributed by atoms with E-state index in [9.17, 15) is 10.2 Å². The Balaban J connectivity index is 2.89. The minimum absolute atomic E-state index is 0.0479. The predicted octanol–water partition coefficient (Wildman–Crippen LogP) is 2.31. The average Bonchev–Trinajstić information content (AvgIpc) is 2.25. The van der Waals surface area contributed by atoms with Gasteiger partial charge in [-0.15, -0.1) is 0 Å². The molecule has 102 valence electrons. The van der Waals surface area contributed by atoms with E-state index < -0.39 is 17.6 Å². The monoisotopic (exact) mass is 253 g/mol. The third-order valence-electron chi connectivity index (χ3n) is 2.63. The first-order chi connectivity index (χ1) is 8.21. The first-order valence-corrected chi connectivity index (χ1v) is 6.19. The van der Waals surface area contributed by atoms with Crippen molar-refractivity contribution in [3.8, 4) is 5.75 Å². The minimum Gasteiger partial charge on any atom is -0.489 e. The summed E-state index contributed by atoms with van der Waals surface area (Å²) in [6.45, 7) is 9.48. The van der Waals surface area contributed by atoms with Gasteiger partial charge in [0.15, 0.2) is 0 Å². The minimum atomic E-state index is -0.965. The van der Waals surface area contributed by atoms with Crippen LogP contribution in [0.5, 0.6) is 5.75 Å². The highest BCUT2D eigenvalue weighted by molar-refractivity contribution is 5.26. The van der Waals surface area contributed by atoms with Crippen LogP contribution in [-0.2, 0) is 0 Å². The van der Waals surface area contributed by atoms with Gasteiger partial charge in [-0.3, -0.25) is 4.98 Å². The Hall–Kier alpha value is -1.13. The van der Waals surface area contributed by atoms with Crippen molar-refractivity contribution in [2.45, 2.75) is 52.9 Å². The summed E-state index contributed by atoms with van der Waals surface area (Å²) in [4.78, 5) is 4.03. The number of aliphatic hydroxyl groups is 2. The molecule has 0 spiro atoms. The standard InChI is InChI=1S/C14H23NO3/c1-9(2)18-11-6-10(7-15-8-11)12(16)13(17)14(3,4)5/h6-9,12-13,16-17H,1-5H3. The second-order valence-electron chi connectivity index (χ2n) is 5.88. The third kappa shape index (κ3) is 3.96. The normalized spacial score (nSPS) is 15.6. The molecule has 0 bridgehead atoms. The van der Waals surface area contributed by atoms with Crippen LogP contribution in [0.25, 0.3) is 0 Å². The van der Waals surface area contributed by atoms with Gasteiger partial charge in [0.25, 0.3) is 0 Å². The van der Waals surface area contributed by atoms with Gasteiger partial charge in [-0.1, -0.05) is 20.8 Å². The molecule has 0 saturated carbocycles. The van der Waals surface area contributed by atoms with Crippen LogP contribution < -0.4 is 4.74 Å². The van der Waals surface area contributed by atoms with E-state index in [1.54, 1.807) is 18.5 Å². The molecule has 1 heterocycles. The Labute approximate surface area is 109 Å². The van der Waals surface area contributed by atoms with Crippen molar-refractivity contribution in [1.29, 1.82) is 0 Å². The first-order valence-electron chi connectivity index (χ1n) is 6.19. The molecule has 4 nitrogen and oxygen atoms in total. The molecule has 0 aromatic carbocycles. The van der Waals surface area contributed by atoms with Crippen LogP contribution in [0.3, 0.4) is 0 Å². The van der Waals surface area contributed by atoms with Crippen LogP contribution in [0.2, 0.25) is 0 Å². The zero-order chi connectivity index (χ0) is 13.9. The zero-order valence-corrected chi connectivity index (χ0v) is 11.7. The Morgan fingerprint density at radius 1 is 1.17 bits per heavy atom. The fraction of sp³-hybridized carbons (Fsp3) is 0.643. The number of pyridine rings is 1.